The molecule has 2 rings (SSSR count). The number of piperidine rings is 1. The van der Waals surface area contributed by atoms with Gasteiger partial charge in [-0.2, -0.15) is 0 Å². The van der Waals surface area contributed by atoms with E-state index in [4.69, 9.17) is 12.2 Å². The number of nitrogens with zero attached hydrogens (tertiary/aromatic N) is 1. The molecule has 1 saturated heterocycles. The van der Waals surface area contributed by atoms with Crippen LogP contribution in [-0.4, -0.2) is 22.2 Å². The molecule has 1 aliphatic rings. The van der Waals surface area contributed by atoms with Gasteiger partial charge in [0.15, 0.2) is 5.11 Å². The van der Waals surface area contributed by atoms with E-state index in [0.29, 0.717) is 17.2 Å². The number of nitrogens with one attached hydrogen (secondary N) is 2. The van der Waals surface area contributed by atoms with Gasteiger partial charge in [0.1, 0.15) is 0 Å². The van der Waals surface area contributed by atoms with Crippen LogP contribution in [0.4, 0.5) is 5.69 Å². The number of rotatable bonds is 2. The molecule has 2 atom stereocenters. The highest BCUT2D eigenvalue weighted by Crippen LogP contribution is 2.21. The van der Waals surface area contributed by atoms with E-state index in [1.807, 2.05) is 0 Å². The molecule has 20 heavy (non-hydrogen) atoms. The molecule has 0 unspecified atom stereocenters. The quantitative estimate of drug-likeness (QED) is 0.811. The maximum absolute atomic E-state index is 5.46. The summed E-state index contributed by atoms with van der Waals surface area (Å²) < 4.78 is 0. The fourth-order valence-corrected chi connectivity index (χ4v) is 3.01. The molecule has 110 valence electrons. The first-order chi connectivity index (χ1) is 9.49. The lowest BCUT2D eigenvalue weighted by molar-refractivity contribution is 0.0750. The summed E-state index contributed by atoms with van der Waals surface area (Å²) in [4.78, 5) is 0. The Morgan fingerprint density at radius 3 is 2.50 bits per heavy atom. The van der Waals surface area contributed by atoms with Crippen LogP contribution >= 0.6 is 12.2 Å². The fourth-order valence-electron chi connectivity index (χ4n) is 2.80. The van der Waals surface area contributed by atoms with E-state index in [-0.39, 0.29) is 0 Å². The van der Waals surface area contributed by atoms with Crippen LogP contribution in [0, 0.1) is 13.8 Å². The van der Waals surface area contributed by atoms with Gasteiger partial charge in [-0.05, 0) is 69.9 Å². The molecule has 0 saturated carbocycles. The Balaban J connectivity index is 2.00. The maximum atomic E-state index is 5.46. The number of thiocarbonyl (C=S) groups is 1. The summed E-state index contributed by atoms with van der Waals surface area (Å²) in [7, 11) is 0. The lowest BCUT2D eigenvalue weighted by Crippen LogP contribution is -2.55. The largest absolute Gasteiger partial charge is 0.331 e. The van der Waals surface area contributed by atoms with Gasteiger partial charge in [0.25, 0.3) is 0 Å². The summed E-state index contributed by atoms with van der Waals surface area (Å²) in [5.41, 5.74) is 6.97. The Hall–Kier alpha value is -1.13. The molecular formula is C16H25N3S. The van der Waals surface area contributed by atoms with E-state index in [0.717, 1.165) is 5.69 Å². The van der Waals surface area contributed by atoms with Gasteiger partial charge in [0.2, 0.25) is 0 Å². The first-order valence-corrected chi connectivity index (χ1v) is 7.82. The summed E-state index contributed by atoms with van der Waals surface area (Å²) in [6, 6.07) is 7.29. The molecule has 0 bridgehead atoms. The molecule has 2 N–H and O–H groups in total. The van der Waals surface area contributed by atoms with Gasteiger partial charge in [-0.25, -0.2) is 5.01 Å². The fraction of sp³-hybridized carbons (Fsp3) is 0.562. The van der Waals surface area contributed by atoms with Crippen LogP contribution in [0.1, 0.15) is 44.2 Å². The summed E-state index contributed by atoms with van der Waals surface area (Å²) >= 11 is 5.46. The smallest absolute Gasteiger partial charge is 0.185 e. The van der Waals surface area contributed by atoms with Crippen LogP contribution in [0.5, 0.6) is 0 Å². The van der Waals surface area contributed by atoms with E-state index in [1.54, 1.807) is 0 Å². The summed E-state index contributed by atoms with van der Waals surface area (Å²) in [6.45, 7) is 8.74. The van der Waals surface area contributed by atoms with E-state index in [9.17, 15) is 0 Å². The van der Waals surface area contributed by atoms with Crippen molar-refractivity contribution in [1.29, 1.82) is 0 Å². The maximum Gasteiger partial charge on any atom is 0.185 e. The van der Waals surface area contributed by atoms with Crippen molar-refractivity contribution in [1.82, 2.24) is 10.4 Å². The van der Waals surface area contributed by atoms with Crippen molar-refractivity contribution in [2.45, 2.75) is 59.0 Å². The van der Waals surface area contributed by atoms with Crippen molar-refractivity contribution in [3.05, 3.63) is 29.3 Å². The normalized spacial score (nSPS) is 23.4. The molecule has 0 aliphatic carbocycles. The molecule has 1 aromatic carbocycles. The molecule has 3 nitrogen and oxygen atoms in total. The van der Waals surface area contributed by atoms with Crippen molar-refractivity contribution in [2.75, 3.05) is 5.32 Å². The number of hydrogen-bond donors (Lipinski definition) is 2. The zero-order valence-corrected chi connectivity index (χ0v) is 13.7. The lowest BCUT2D eigenvalue weighted by atomic mass is 10.00. The molecule has 0 amide bonds. The third-order valence-corrected chi connectivity index (χ3v) is 4.47. The lowest BCUT2D eigenvalue weighted by Gasteiger charge is -2.39. The predicted octanol–water partition coefficient (Wildman–Crippen LogP) is 3.77. The van der Waals surface area contributed by atoms with Gasteiger partial charge in [0.05, 0.1) is 0 Å². The van der Waals surface area contributed by atoms with E-state index in [2.05, 4.69) is 61.6 Å². The van der Waals surface area contributed by atoms with Gasteiger partial charge in [0, 0.05) is 17.8 Å². The minimum atomic E-state index is 0.525. The molecular weight excluding hydrogens is 266 g/mol. The number of hydrogen-bond acceptors (Lipinski definition) is 2. The third-order valence-electron chi connectivity index (χ3n) is 4.28. The molecule has 1 aromatic rings. The number of anilines is 1. The van der Waals surface area contributed by atoms with E-state index >= 15 is 0 Å². The van der Waals surface area contributed by atoms with Crippen LogP contribution < -0.4 is 10.7 Å². The van der Waals surface area contributed by atoms with Gasteiger partial charge in [-0.3, -0.25) is 5.43 Å². The number of hydrazine groups is 1. The second-order valence-electron chi connectivity index (χ2n) is 5.85. The van der Waals surface area contributed by atoms with Crippen molar-refractivity contribution in [3.8, 4) is 0 Å². The van der Waals surface area contributed by atoms with Crippen molar-refractivity contribution >= 4 is 23.0 Å². The summed E-state index contributed by atoms with van der Waals surface area (Å²) in [5.74, 6) is 0. The molecule has 0 aromatic heterocycles. The Kier molecular flexibility index (Phi) is 5.00. The van der Waals surface area contributed by atoms with Crippen LogP contribution in [0.2, 0.25) is 0 Å². The van der Waals surface area contributed by atoms with Gasteiger partial charge >= 0.3 is 0 Å². The first-order valence-electron chi connectivity index (χ1n) is 7.41. The minimum Gasteiger partial charge on any atom is -0.331 e. The Labute approximate surface area is 127 Å². The zero-order chi connectivity index (χ0) is 14.7. The van der Waals surface area contributed by atoms with Crippen molar-refractivity contribution in [2.24, 2.45) is 0 Å². The number of aryl methyl sites for hydroxylation is 1. The molecule has 4 heteroatoms. The molecule has 1 aliphatic heterocycles. The van der Waals surface area contributed by atoms with Crippen molar-refractivity contribution in [3.63, 3.8) is 0 Å². The topological polar surface area (TPSA) is 27.3 Å². The Morgan fingerprint density at radius 1 is 1.20 bits per heavy atom. The van der Waals surface area contributed by atoms with Crippen LogP contribution in [0.25, 0.3) is 0 Å². The molecule has 0 spiro atoms. The second kappa shape index (κ2) is 6.55. The Morgan fingerprint density at radius 2 is 1.85 bits per heavy atom. The van der Waals surface area contributed by atoms with Crippen LogP contribution in [0.15, 0.2) is 18.2 Å². The van der Waals surface area contributed by atoms with Crippen LogP contribution in [0.3, 0.4) is 0 Å². The monoisotopic (exact) mass is 291 g/mol. The summed E-state index contributed by atoms with van der Waals surface area (Å²) in [6.07, 6.45) is 3.75. The second-order valence-corrected chi connectivity index (χ2v) is 6.26. The van der Waals surface area contributed by atoms with Crippen LogP contribution in [-0.2, 0) is 0 Å². The van der Waals surface area contributed by atoms with Gasteiger partial charge in [-0.15, -0.1) is 0 Å². The molecule has 1 heterocycles. The average Bonchev–Trinajstić information content (AvgIpc) is 2.39. The van der Waals surface area contributed by atoms with E-state index < -0.39 is 0 Å². The third kappa shape index (κ3) is 3.49. The highest BCUT2D eigenvalue weighted by molar-refractivity contribution is 7.80. The highest BCUT2D eigenvalue weighted by Gasteiger charge is 2.25. The number of benzene rings is 1. The standard InChI is InChI=1S/C16H25N3S/c1-11-7-5-10-15(14(11)4)17-16(20)18-19-12(2)8-6-9-13(19)3/h5,7,10,12-13H,6,8-9H2,1-4H3,(H2,17,18,20)/t12-,13+. The highest BCUT2D eigenvalue weighted by atomic mass is 32.1. The summed E-state index contributed by atoms with van der Waals surface area (Å²) in [5, 5.41) is 6.28. The van der Waals surface area contributed by atoms with Crippen molar-refractivity contribution < 1.29 is 0 Å². The van der Waals surface area contributed by atoms with Gasteiger partial charge in [-0.1, -0.05) is 18.6 Å². The SMILES string of the molecule is Cc1cccc(NC(=S)NN2[C@H](C)CCC[C@@H]2C)c1C. The Bertz CT molecular complexity index is 477. The zero-order valence-electron chi connectivity index (χ0n) is 12.9. The first kappa shape index (κ1) is 15.3. The molecule has 0 radical (unpaired) electrons. The van der Waals surface area contributed by atoms with Gasteiger partial charge < -0.3 is 5.32 Å². The average molecular weight is 291 g/mol. The predicted molar refractivity (Wildman–Crippen MR) is 89.9 cm³/mol. The molecule has 1 fully saturated rings. The van der Waals surface area contributed by atoms with E-state index in [1.165, 1.54) is 30.4 Å². The minimum absolute atomic E-state index is 0.525.